The van der Waals surface area contributed by atoms with Crippen molar-refractivity contribution in [2.75, 3.05) is 6.54 Å². The SMILES string of the molecule is CCCNC(c1cc2sccc2s1)c1c(Br)cnn1C. The number of nitrogens with one attached hydrogen (secondary N) is 1. The number of aromatic nitrogens is 2. The van der Waals surface area contributed by atoms with Crippen LogP contribution in [-0.4, -0.2) is 16.3 Å². The van der Waals surface area contributed by atoms with Crippen molar-refractivity contribution in [2.45, 2.75) is 19.4 Å². The van der Waals surface area contributed by atoms with E-state index in [1.807, 2.05) is 29.3 Å². The second-order valence-electron chi connectivity index (χ2n) is 4.69. The van der Waals surface area contributed by atoms with Crippen LogP contribution in [0.5, 0.6) is 0 Å². The van der Waals surface area contributed by atoms with Crippen LogP contribution in [0.3, 0.4) is 0 Å². The highest BCUT2D eigenvalue weighted by Gasteiger charge is 2.22. The number of hydrogen-bond acceptors (Lipinski definition) is 4. The van der Waals surface area contributed by atoms with Crippen molar-refractivity contribution in [3.05, 3.63) is 38.8 Å². The monoisotopic (exact) mass is 369 g/mol. The molecule has 0 radical (unpaired) electrons. The maximum atomic E-state index is 4.35. The predicted molar refractivity (Wildman–Crippen MR) is 90.7 cm³/mol. The second kappa shape index (κ2) is 5.97. The van der Waals surface area contributed by atoms with E-state index in [2.05, 4.69) is 50.8 Å². The molecule has 0 aliphatic carbocycles. The van der Waals surface area contributed by atoms with E-state index < -0.39 is 0 Å². The number of rotatable bonds is 5. The molecule has 0 saturated carbocycles. The van der Waals surface area contributed by atoms with Gasteiger partial charge in [0.25, 0.3) is 0 Å². The molecule has 0 aliphatic rings. The lowest BCUT2D eigenvalue weighted by Crippen LogP contribution is -2.24. The summed E-state index contributed by atoms with van der Waals surface area (Å²) >= 11 is 7.29. The minimum atomic E-state index is 0.196. The van der Waals surface area contributed by atoms with Gasteiger partial charge in [0.15, 0.2) is 0 Å². The van der Waals surface area contributed by atoms with E-state index in [0.29, 0.717) is 0 Å². The van der Waals surface area contributed by atoms with Gasteiger partial charge < -0.3 is 5.32 Å². The number of halogens is 1. The molecule has 3 heterocycles. The summed E-state index contributed by atoms with van der Waals surface area (Å²) in [6.07, 6.45) is 2.98. The molecule has 0 aliphatic heterocycles. The number of thiophene rings is 2. The molecule has 3 rings (SSSR count). The molecule has 3 aromatic rings. The van der Waals surface area contributed by atoms with Gasteiger partial charge in [0, 0.05) is 21.3 Å². The van der Waals surface area contributed by atoms with Crippen LogP contribution < -0.4 is 5.32 Å². The predicted octanol–water partition coefficient (Wildman–Crippen LogP) is 4.55. The van der Waals surface area contributed by atoms with Crippen molar-refractivity contribution < 1.29 is 0 Å². The van der Waals surface area contributed by atoms with Gasteiger partial charge in [-0.1, -0.05) is 6.92 Å². The smallest absolute Gasteiger partial charge is 0.0854 e. The second-order valence-corrected chi connectivity index (χ2v) is 7.60. The Bertz CT molecular complexity index is 665. The lowest BCUT2D eigenvalue weighted by atomic mass is 10.1. The van der Waals surface area contributed by atoms with Crippen LogP contribution in [0.15, 0.2) is 28.2 Å². The van der Waals surface area contributed by atoms with Gasteiger partial charge in [-0.3, -0.25) is 4.68 Å². The van der Waals surface area contributed by atoms with Crippen LogP contribution in [-0.2, 0) is 7.05 Å². The van der Waals surface area contributed by atoms with E-state index in [1.165, 1.54) is 20.0 Å². The van der Waals surface area contributed by atoms with Gasteiger partial charge in [-0.05, 0) is 46.4 Å². The summed E-state index contributed by atoms with van der Waals surface area (Å²) in [5.74, 6) is 0. The van der Waals surface area contributed by atoms with E-state index in [0.717, 1.165) is 17.4 Å². The fourth-order valence-electron chi connectivity index (χ4n) is 2.29. The third-order valence-electron chi connectivity index (χ3n) is 3.25. The normalized spacial score (nSPS) is 13.2. The number of nitrogens with zero attached hydrogens (tertiary/aromatic N) is 2. The average molecular weight is 370 g/mol. The van der Waals surface area contributed by atoms with Crippen LogP contribution >= 0.6 is 38.6 Å². The highest BCUT2D eigenvalue weighted by Crippen LogP contribution is 2.37. The number of hydrogen-bond donors (Lipinski definition) is 1. The maximum absolute atomic E-state index is 4.35. The lowest BCUT2D eigenvalue weighted by Gasteiger charge is -2.18. The molecular formula is C14H16BrN3S2. The Hall–Kier alpha value is -0.690. The van der Waals surface area contributed by atoms with Crippen molar-refractivity contribution in [3.63, 3.8) is 0 Å². The van der Waals surface area contributed by atoms with E-state index in [4.69, 9.17) is 0 Å². The van der Waals surface area contributed by atoms with Gasteiger partial charge in [0.2, 0.25) is 0 Å². The first kappa shape index (κ1) is 14.3. The average Bonchev–Trinajstić information content (AvgIpc) is 3.08. The van der Waals surface area contributed by atoms with Crippen molar-refractivity contribution in [2.24, 2.45) is 7.05 Å². The van der Waals surface area contributed by atoms with Gasteiger partial charge in [-0.2, -0.15) is 5.10 Å². The Morgan fingerprint density at radius 3 is 2.95 bits per heavy atom. The van der Waals surface area contributed by atoms with Crippen LogP contribution in [0.1, 0.15) is 30.0 Å². The zero-order chi connectivity index (χ0) is 14.1. The van der Waals surface area contributed by atoms with Crippen LogP contribution in [0.4, 0.5) is 0 Å². The molecule has 0 aromatic carbocycles. The first-order valence-corrected chi connectivity index (χ1v) is 9.07. The summed E-state index contributed by atoms with van der Waals surface area (Å²) in [5.41, 5.74) is 1.19. The molecule has 0 amide bonds. The summed E-state index contributed by atoms with van der Waals surface area (Å²) in [5, 5.41) is 10.1. The topological polar surface area (TPSA) is 29.9 Å². The lowest BCUT2D eigenvalue weighted by molar-refractivity contribution is 0.558. The van der Waals surface area contributed by atoms with E-state index in [-0.39, 0.29) is 6.04 Å². The molecule has 106 valence electrons. The minimum Gasteiger partial charge on any atom is -0.304 e. The Kier molecular flexibility index (Phi) is 4.26. The van der Waals surface area contributed by atoms with Crippen molar-refractivity contribution in [3.8, 4) is 0 Å². The standard InChI is InChI=1S/C14H16BrN3S2/c1-3-5-16-13(14-9(15)8-17-18(14)2)12-7-11-10(20-12)4-6-19-11/h4,6-8,13,16H,3,5H2,1-2H3. The molecule has 6 heteroatoms. The zero-order valence-corrected chi connectivity index (χ0v) is 14.6. The third-order valence-corrected chi connectivity index (χ3v) is 6.02. The summed E-state index contributed by atoms with van der Waals surface area (Å²) in [6, 6.07) is 4.70. The van der Waals surface area contributed by atoms with Gasteiger partial charge in [0.1, 0.15) is 0 Å². The fourth-order valence-corrected chi connectivity index (χ4v) is 5.07. The first-order valence-electron chi connectivity index (χ1n) is 6.58. The zero-order valence-electron chi connectivity index (χ0n) is 11.4. The molecule has 1 unspecified atom stereocenters. The largest absolute Gasteiger partial charge is 0.304 e. The molecule has 1 atom stereocenters. The van der Waals surface area contributed by atoms with E-state index in [9.17, 15) is 0 Å². The van der Waals surface area contributed by atoms with Gasteiger partial charge in [-0.25, -0.2) is 0 Å². The summed E-state index contributed by atoms with van der Waals surface area (Å²) < 4.78 is 5.74. The van der Waals surface area contributed by atoms with Gasteiger partial charge in [-0.15, -0.1) is 22.7 Å². The molecule has 3 nitrogen and oxygen atoms in total. The Balaban J connectivity index is 2.03. The maximum Gasteiger partial charge on any atom is 0.0854 e. The van der Waals surface area contributed by atoms with Crippen LogP contribution in [0.2, 0.25) is 0 Å². The van der Waals surface area contributed by atoms with E-state index >= 15 is 0 Å². The third kappa shape index (κ3) is 2.57. The number of aryl methyl sites for hydroxylation is 1. The molecular weight excluding hydrogens is 354 g/mol. The van der Waals surface area contributed by atoms with Gasteiger partial charge in [0.05, 0.1) is 22.4 Å². The highest BCUT2D eigenvalue weighted by atomic mass is 79.9. The van der Waals surface area contributed by atoms with Crippen molar-refractivity contribution >= 4 is 48.0 Å². The molecule has 0 bridgehead atoms. The Labute approximate surface area is 134 Å². The quantitative estimate of drug-likeness (QED) is 0.714. The van der Waals surface area contributed by atoms with E-state index in [1.54, 1.807) is 11.3 Å². The molecule has 0 spiro atoms. The van der Waals surface area contributed by atoms with Gasteiger partial charge >= 0.3 is 0 Å². The molecule has 0 fully saturated rings. The first-order chi connectivity index (χ1) is 9.70. The number of fused-ring (bicyclic) bond motifs is 1. The van der Waals surface area contributed by atoms with Crippen molar-refractivity contribution in [1.29, 1.82) is 0 Å². The summed E-state index contributed by atoms with van der Waals surface area (Å²) in [6.45, 7) is 3.18. The molecule has 3 aromatic heterocycles. The summed E-state index contributed by atoms with van der Waals surface area (Å²) in [7, 11) is 2.00. The molecule has 1 N–H and O–H groups in total. The Morgan fingerprint density at radius 2 is 2.30 bits per heavy atom. The molecule has 0 saturated heterocycles. The summed E-state index contributed by atoms with van der Waals surface area (Å²) in [4.78, 5) is 1.35. The van der Waals surface area contributed by atoms with Crippen LogP contribution in [0, 0.1) is 0 Å². The van der Waals surface area contributed by atoms with Crippen LogP contribution in [0.25, 0.3) is 9.40 Å². The fraction of sp³-hybridized carbons (Fsp3) is 0.357. The Morgan fingerprint density at radius 1 is 1.45 bits per heavy atom. The molecule has 20 heavy (non-hydrogen) atoms. The van der Waals surface area contributed by atoms with Crippen molar-refractivity contribution in [1.82, 2.24) is 15.1 Å². The highest BCUT2D eigenvalue weighted by molar-refractivity contribution is 9.10. The minimum absolute atomic E-state index is 0.196.